The molecule has 1 fully saturated rings. The van der Waals surface area contributed by atoms with E-state index in [9.17, 15) is 4.79 Å². The van der Waals surface area contributed by atoms with Crippen LogP contribution in [0.1, 0.15) is 38.5 Å². The Hall–Kier alpha value is -0.830. The Kier molecular flexibility index (Phi) is 4.14. The molecule has 1 rings (SSSR count). The fourth-order valence-electron chi connectivity index (χ4n) is 1.74. The molecule has 1 aliphatic carbocycles. The van der Waals surface area contributed by atoms with Crippen molar-refractivity contribution in [1.82, 2.24) is 0 Å². The van der Waals surface area contributed by atoms with Crippen molar-refractivity contribution in [1.29, 1.82) is 0 Å². The van der Waals surface area contributed by atoms with Crippen LogP contribution in [0.15, 0.2) is 12.7 Å². The standard InChI is InChI=1S/C11H18O3/c1-2-3-4-8-14-11(6-5-7-11)9-10(12)13/h2H,1,3-9H2,(H,12,13). The van der Waals surface area contributed by atoms with Crippen LogP contribution in [0.2, 0.25) is 0 Å². The highest BCUT2D eigenvalue weighted by Gasteiger charge is 2.39. The minimum atomic E-state index is -0.756. The van der Waals surface area contributed by atoms with Crippen LogP contribution in [0.3, 0.4) is 0 Å². The average Bonchev–Trinajstić information content (AvgIpc) is 2.07. The molecule has 1 aliphatic rings. The molecule has 0 atom stereocenters. The third-order valence-corrected chi connectivity index (χ3v) is 2.70. The SMILES string of the molecule is C=CCCCOC1(CC(=O)O)CCC1. The summed E-state index contributed by atoms with van der Waals surface area (Å²) in [6, 6.07) is 0. The number of hydrogen-bond acceptors (Lipinski definition) is 2. The summed E-state index contributed by atoms with van der Waals surface area (Å²) in [6.45, 7) is 4.28. The molecule has 0 aromatic heterocycles. The minimum absolute atomic E-state index is 0.154. The molecule has 1 N–H and O–H groups in total. The minimum Gasteiger partial charge on any atom is -0.481 e. The van der Waals surface area contributed by atoms with Crippen molar-refractivity contribution in [3.05, 3.63) is 12.7 Å². The Labute approximate surface area is 84.8 Å². The lowest BCUT2D eigenvalue weighted by Gasteiger charge is -2.40. The van der Waals surface area contributed by atoms with Crippen LogP contribution in [0.5, 0.6) is 0 Å². The summed E-state index contributed by atoms with van der Waals surface area (Å²) in [5, 5.41) is 8.72. The van der Waals surface area contributed by atoms with Gasteiger partial charge >= 0.3 is 5.97 Å². The van der Waals surface area contributed by atoms with E-state index in [0.29, 0.717) is 6.61 Å². The van der Waals surface area contributed by atoms with E-state index in [2.05, 4.69) is 6.58 Å². The summed E-state index contributed by atoms with van der Waals surface area (Å²) < 4.78 is 5.65. The van der Waals surface area contributed by atoms with Gasteiger partial charge in [0.2, 0.25) is 0 Å². The Bertz CT molecular complexity index is 207. The molecule has 0 aromatic carbocycles. The van der Waals surface area contributed by atoms with Gasteiger partial charge in [-0.3, -0.25) is 4.79 Å². The summed E-state index contributed by atoms with van der Waals surface area (Å²) >= 11 is 0. The van der Waals surface area contributed by atoms with Crippen molar-refractivity contribution in [2.45, 2.75) is 44.1 Å². The van der Waals surface area contributed by atoms with Crippen molar-refractivity contribution in [3.8, 4) is 0 Å². The highest BCUT2D eigenvalue weighted by Crippen LogP contribution is 2.38. The zero-order chi connectivity index (χ0) is 10.4. The van der Waals surface area contributed by atoms with Gasteiger partial charge in [-0.05, 0) is 32.1 Å². The second-order valence-corrected chi connectivity index (χ2v) is 3.89. The number of carbonyl (C=O) groups is 1. The number of ether oxygens (including phenoxy) is 1. The van der Waals surface area contributed by atoms with E-state index in [1.807, 2.05) is 6.08 Å². The van der Waals surface area contributed by atoms with E-state index < -0.39 is 5.97 Å². The number of allylic oxidation sites excluding steroid dienone is 1. The summed E-state index contributed by atoms with van der Waals surface area (Å²) in [4.78, 5) is 10.6. The first-order valence-electron chi connectivity index (χ1n) is 5.15. The van der Waals surface area contributed by atoms with Crippen LogP contribution in [0, 0.1) is 0 Å². The zero-order valence-corrected chi connectivity index (χ0v) is 8.50. The van der Waals surface area contributed by atoms with Crippen LogP contribution in [-0.4, -0.2) is 23.3 Å². The van der Waals surface area contributed by atoms with Crippen molar-refractivity contribution in [3.63, 3.8) is 0 Å². The van der Waals surface area contributed by atoms with E-state index in [1.165, 1.54) is 0 Å². The molecule has 0 radical (unpaired) electrons. The maximum atomic E-state index is 10.6. The Morgan fingerprint density at radius 1 is 1.57 bits per heavy atom. The van der Waals surface area contributed by atoms with Crippen LogP contribution in [0.4, 0.5) is 0 Å². The number of hydrogen-bond donors (Lipinski definition) is 1. The van der Waals surface area contributed by atoms with Crippen LogP contribution >= 0.6 is 0 Å². The van der Waals surface area contributed by atoms with Gasteiger partial charge in [0.1, 0.15) is 0 Å². The first-order chi connectivity index (χ1) is 6.68. The number of unbranched alkanes of at least 4 members (excludes halogenated alkanes) is 1. The summed E-state index contributed by atoms with van der Waals surface area (Å²) in [6.07, 6.45) is 6.76. The van der Waals surface area contributed by atoms with Crippen molar-refractivity contribution in [2.24, 2.45) is 0 Å². The molecule has 80 valence electrons. The van der Waals surface area contributed by atoms with Crippen molar-refractivity contribution >= 4 is 5.97 Å². The molecule has 0 aromatic rings. The predicted octanol–water partition coefficient (Wildman–Crippen LogP) is 2.37. The number of carboxylic acid groups (broad SMARTS) is 1. The summed E-state index contributed by atoms with van der Waals surface area (Å²) in [7, 11) is 0. The van der Waals surface area contributed by atoms with Gasteiger partial charge in [-0.15, -0.1) is 6.58 Å². The quantitative estimate of drug-likeness (QED) is 0.504. The van der Waals surface area contributed by atoms with Gasteiger partial charge in [0, 0.05) is 6.61 Å². The van der Waals surface area contributed by atoms with Gasteiger partial charge in [-0.1, -0.05) is 6.08 Å². The van der Waals surface area contributed by atoms with Gasteiger partial charge in [0.05, 0.1) is 12.0 Å². The first kappa shape index (κ1) is 11.2. The molecule has 0 unspecified atom stereocenters. The predicted molar refractivity (Wildman–Crippen MR) is 54.2 cm³/mol. The molecule has 0 spiro atoms. The molecule has 0 heterocycles. The van der Waals surface area contributed by atoms with Gasteiger partial charge in [-0.2, -0.15) is 0 Å². The Morgan fingerprint density at radius 3 is 2.71 bits per heavy atom. The highest BCUT2D eigenvalue weighted by molar-refractivity contribution is 5.68. The molecule has 0 amide bonds. The Morgan fingerprint density at radius 2 is 2.29 bits per heavy atom. The fraction of sp³-hybridized carbons (Fsp3) is 0.727. The fourth-order valence-corrected chi connectivity index (χ4v) is 1.74. The van der Waals surface area contributed by atoms with Crippen molar-refractivity contribution in [2.75, 3.05) is 6.61 Å². The molecule has 0 aliphatic heterocycles. The normalized spacial score (nSPS) is 18.6. The second-order valence-electron chi connectivity index (χ2n) is 3.89. The molecule has 14 heavy (non-hydrogen) atoms. The molecule has 1 saturated carbocycles. The first-order valence-corrected chi connectivity index (χ1v) is 5.15. The maximum Gasteiger partial charge on any atom is 0.306 e. The smallest absolute Gasteiger partial charge is 0.306 e. The number of aliphatic carboxylic acids is 1. The maximum absolute atomic E-state index is 10.6. The van der Waals surface area contributed by atoms with Crippen LogP contribution in [0.25, 0.3) is 0 Å². The van der Waals surface area contributed by atoms with Crippen LogP contribution in [-0.2, 0) is 9.53 Å². The molecular formula is C11H18O3. The third kappa shape index (κ3) is 3.14. The Balaban J connectivity index is 2.23. The monoisotopic (exact) mass is 198 g/mol. The van der Waals surface area contributed by atoms with Gasteiger partial charge in [0.15, 0.2) is 0 Å². The zero-order valence-electron chi connectivity index (χ0n) is 8.50. The largest absolute Gasteiger partial charge is 0.481 e. The molecule has 0 bridgehead atoms. The van der Waals surface area contributed by atoms with Gasteiger partial charge in [-0.25, -0.2) is 0 Å². The summed E-state index contributed by atoms with van der Waals surface area (Å²) in [5.74, 6) is -0.756. The number of rotatable bonds is 7. The third-order valence-electron chi connectivity index (χ3n) is 2.70. The van der Waals surface area contributed by atoms with E-state index in [-0.39, 0.29) is 12.0 Å². The van der Waals surface area contributed by atoms with E-state index in [0.717, 1.165) is 32.1 Å². The van der Waals surface area contributed by atoms with Crippen LogP contribution < -0.4 is 0 Å². The van der Waals surface area contributed by atoms with E-state index in [1.54, 1.807) is 0 Å². The van der Waals surface area contributed by atoms with Crippen molar-refractivity contribution < 1.29 is 14.6 Å². The van der Waals surface area contributed by atoms with E-state index >= 15 is 0 Å². The second kappa shape index (κ2) is 5.15. The van der Waals surface area contributed by atoms with Gasteiger partial charge < -0.3 is 9.84 Å². The molecule has 3 nitrogen and oxygen atoms in total. The van der Waals surface area contributed by atoms with E-state index in [4.69, 9.17) is 9.84 Å². The number of carboxylic acids is 1. The molecule has 3 heteroatoms. The molecular weight excluding hydrogens is 180 g/mol. The van der Waals surface area contributed by atoms with Gasteiger partial charge in [0.25, 0.3) is 0 Å². The summed E-state index contributed by atoms with van der Waals surface area (Å²) in [5.41, 5.74) is -0.340. The topological polar surface area (TPSA) is 46.5 Å². The average molecular weight is 198 g/mol. The lowest BCUT2D eigenvalue weighted by molar-refractivity contribution is -0.154. The highest BCUT2D eigenvalue weighted by atomic mass is 16.5. The molecule has 0 saturated heterocycles. The lowest BCUT2D eigenvalue weighted by Crippen LogP contribution is -2.42. The lowest BCUT2D eigenvalue weighted by atomic mass is 9.77.